The van der Waals surface area contributed by atoms with Crippen molar-refractivity contribution < 1.29 is 4.79 Å². The number of hydrogen-bond acceptors (Lipinski definition) is 2. The van der Waals surface area contributed by atoms with Crippen LogP contribution in [-0.2, 0) is 6.42 Å². The summed E-state index contributed by atoms with van der Waals surface area (Å²) in [5.41, 5.74) is 3.01. The van der Waals surface area contributed by atoms with Gasteiger partial charge < -0.3 is 10.2 Å². The van der Waals surface area contributed by atoms with E-state index in [1.807, 2.05) is 42.5 Å². The van der Waals surface area contributed by atoms with Gasteiger partial charge in [-0.1, -0.05) is 82.1 Å². The van der Waals surface area contributed by atoms with Gasteiger partial charge in [0.15, 0.2) is 0 Å². The van der Waals surface area contributed by atoms with Crippen molar-refractivity contribution in [3.63, 3.8) is 0 Å². The Balaban J connectivity index is 2.26. The van der Waals surface area contributed by atoms with Crippen molar-refractivity contribution in [2.75, 3.05) is 13.6 Å². The van der Waals surface area contributed by atoms with Crippen molar-refractivity contribution in [3.8, 4) is 0 Å². The topological polar surface area (TPSA) is 32.3 Å². The number of likely N-dealkylation sites (N-methyl/N-ethyl adjacent to an activating group) is 1. The second-order valence-corrected chi connectivity index (χ2v) is 7.74. The molecule has 0 spiro atoms. The van der Waals surface area contributed by atoms with Crippen molar-refractivity contribution in [2.24, 2.45) is 5.92 Å². The van der Waals surface area contributed by atoms with Crippen LogP contribution in [0, 0.1) is 5.92 Å². The first-order valence-electron chi connectivity index (χ1n) is 10.7. The van der Waals surface area contributed by atoms with Gasteiger partial charge in [0, 0.05) is 18.2 Å². The molecule has 2 rings (SSSR count). The number of carbonyl (C=O) groups is 1. The van der Waals surface area contributed by atoms with Crippen molar-refractivity contribution in [3.05, 3.63) is 71.3 Å². The summed E-state index contributed by atoms with van der Waals surface area (Å²) in [5.74, 6) is 0.689. The summed E-state index contributed by atoms with van der Waals surface area (Å²) in [6.07, 6.45) is 3.21. The molecule has 0 bridgehead atoms. The summed E-state index contributed by atoms with van der Waals surface area (Å²) in [7, 11) is 2.17. The highest BCUT2D eigenvalue weighted by Gasteiger charge is 2.26. The summed E-state index contributed by atoms with van der Waals surface area (Å²) in [6.45, 7) is 9.85. The van der Waals surface area contributed by atoms with E-state index in [2.05, 4.69) is 57.1 Å². The predicted molar refractivity (Wildman–Crippen MR) is 119 cm³/mol. The zero-order chi connectivity index (χ0) is 20.5. The number of hydrogen-bond donors (Lipinski definition) is 1. The maximum atomic E-state index is 13.1. The second kappa shape index (κ2) is 11.0. The largest absolute Gasteiger partial charge is 0.344 e. The Labute approximate surface area is 171 Å². The van der Waals surface area contributed by atoms with Gasteiger partial charge in [-0.05, 0) is 43.5 Å². The van der Waals surface area contributed by atoms with Crippen molar-refractivity contribution in [2.45, 2.75) is 59.0 Å². The molecule has 152 valence electrons. The lowest BCUT2D eigenvalue weighted by Gasteiger charge is -2.35. The van der Waals surface area contributed by atoms with Gasteiger partial charge in [-0.25, -0.2) is 0 Å². The number of nitrogens with one attached hydrogen (secondary N) is 1. The van der Waals surface area contributed by atoms with E-state index in [0.717, 1.165) is 29.7 Å². The summed E-state index contributed by atoms with van der Waals surface area (Å²) < 4.78 is 0. The lowest BCUT2D eigenvalue weighted by atomic mass is 9.96. The maximum absolute atomic E-state index is 13.1. The molecule has 0 aliphatic heterocycles. The third-order valence-electron chi connectivity index (χ3n) is 5.97. The molecule has 2 atom stereocenters. The summed E-state index contributed by atoms with van der Waals surface area (Å²) in [6, 6.07) is 18.4. The fourth-order valence-electron chi connectivity index (χ4n) is 3.79. The van der Waals surface area contributed by atoms with Crippen LogP contribution in [-0.4, -0.2) is 30.4 Å². The fraction of sp³-hybridized carbons (Fsp3) is 0.480. The zero-order valence-electron chi connectivity index (χ0n) is 18.1. The molecule has 0 saturated carbocycles. The highest BCUT2D eigenvalue weighted by atomic mass is 16.1. The lowest BCUT2D eigenvalue weighted by Crippen LogP contribution is -2.44. The van der Waals surface area contributed by atoms with Crippen LogP contribution in [0.25, 0.3) is 0 Å². The highest BCUT2D eigenvalue weighted by Crippen LogP contribution is 2.23. The van der Waals surface area contributed by atoms with Gasteiger partial charge in [-0.3, -0.25) is 4.79 Å². The molecule has 0 radical (unpaired) electrons. The molecule has 0 saturated heterocycles. The molecule has 0 aromatic heterocycles. The molecule has 0 heterocycles. The highest BCUT2D eigenvalue weighted by molar-refractivity contribution is 5.96. The SMILES string of the molecule is CCc1ccccc1C(=O)N[C@H](c1ccccc1)C(C)N(C)CC(CC)CC. The van der Waals surface area contributed by atoms with Gasteiger partial charge in [0.1, 0.15) is 0 Å². The van der Waals surface area contributed by atoms with Crippen LogP contribution >= 0.6 is 0 Å². The van der Waals surface area contributed by atoms with Crippen molar-refractivity contribution in [1.82, 2.24) is 10.2 Å². The Morgan fingerprint density at radius 1 is 0.964 bits per heavy atom. The Kier molecular flexibility index (Phi) is 8.72. The summed E-state index contributed by atoms with van der Waals surface area (Å²) in [4.78, 5) is 15.5. The molecule has 2 aromatic rings. The minimum atomic E-state index is -0.0574. The van der Waals surface area contributed by atoms with Gasteiger partial charge in [-0.2, -0.15) is 0 Å². The average molecular weight is 381 g/mol. The monoisotopic (exact) mass is 380 g/mol. The number of aryl methyl sites for hydroxylation is 1. The molecule has 2 aromatic carbocycles. The first kappa shape index (κ1) is 22.2. The van der Waals surface area contributed by atoms with Crippen LogP contribution in [0.1, 0.15) is 68.1 Å². The maximum Gasteiger partial charge on any atom is 0.252 e. The minimum Gasteiger partial charge on any atom is -0.344 e. The standard InChI is InChI=1S/C25H36N2O/c1-6-20(7-2)18-27(5)19(4)24(22-15-10-9-11-16-22)26-25(28)23-17-13-12-14-21(23)8-3/h9-17,19-20,24H,6-8,18H2,1-5H3,(H,26,28)/t19?,24-/m0/s1. The second-order valence-electron chi connectivity index (χ2n) is 7.74. The number of carbonyl (C=O) groups excluding carboxylic acids is 1. The van der Waals surface area contributed by atoms with E-state index in [4.69, 9.17) is 0 Å². The Morgan fingerprint density at radius 3 is 2.18 bits per heavy atom. The molecule has 3 heteroatoms. The Bertz CT molecular complexity index is 724. The van der Waals surface area contributed by atoms with Crippen LogP contribution in [0.3, 0.4) is 0 Å². The number of rotatable bonds is 10. The molecule has 0 fully saturated rings. The van der Waals surface area contributed by atoms with Crippen LogP contribution in [0.4, 0.5) is 0 Å². The normalized spacial score (nSPS) is 13.5. The summed E-state index contributed by atoms with van der Waals surface area (Å²) >= 11 is 0. The van der Waals surface area contributed by atoms with E-state index in [9.17, 15) is 4.79 Å². The first-order valence-corrected chi connectivity index (χ1v) is 10.7. The van der Waals surface area contributed by atoms with Crippen LogP contribution in [0.5, 0.6) is 0 Å². The van der Waals surface area contributed by atoms with E-state index in [-0.39, 0.29) is 18.0 Å². The lowest BCUT2D eigenvalue weighted by molar-refractivity contribution is 0.0897. The van der Waals surface area contributed by atoms with Gasteiger partial charge in [0.05, 0.1) is 6.04 Å². The van der Waals surface area contributed by atoms with E-state index < -0.39 is 0 Å². The molecule has 0 aliphatic carbocycles. The van der Waals surface area contributed by atoms with Gasteiger partial charge >= 0.3 is 0 Å². The molecule has 1 unspecified atom stereocenters. The average Bonchev–Trinajstić information content (AvgIpc) is 2.75. The minimum absolute atomic E-state index is 0.00841. The Hall–Kier alpha value is -2.13. The van der Waals surface area contributed by atoms with Gasteiger partial charge in [-0.15, -0.1) is 0 Å². The summed E-state index contributed by atoms with van der Waals surface area (Å²) in [5, 5.41) is 3.33. The van der Waals surface area contributed by atoms with E-state index in [1.165, 1.54) is 12.8 Å². The number of amides is 1. The number of nitrogens with zero attached hydrogens (tertiary/aromatic N) is 1. The molecule has 28 heavy (non-hydrogen) atoms. The zero-order valence-corrected chi connectivity index (χ0v) is 18.1. The van der Waals surface area contributed by atoms with E-state index in [0.29, 0.717) is 5.92 Å². The van der Waals surface area contributed by atoms with Crippen molar-refractivity contribution in [1.29, 1.82) is 0 Å². The molecular weight excluding hydrogens is 344 g/mol. The molecule has 3 nitrogen and oxygen atoms in total. The Morgan fingerprint density at radius 2 is 1.57 bits per heavy atom. The fourth-order valence-corrected chi connectivity index (χ4v) is 3.79. The first-order chi connectivity index (χ1) is 13.5. The third kappa shape index (κ3) is 5.68. The third-order valence-corrected chi connectivity index (χ3v) is 5.97. The quantitative estimate of drug-likeness (QED) is 0.592. The molecular formula is C25H36N2O. The smallest absolute Gasteiger partial charge is 0.252 e. The van der Waals surface area contributed by atoms with Gasteiger partial charge in [0.2, 0.25) is 0 Å². The molecule has 1 N–H and O–H groups in total. The molecule has 1 amide bonds. The van der Waals surface area contributed by atoms with Crippen molar-refractivity contribution >= 4 is 5.91 Å². The number of benzene rings is 2. The van der Waals surface area contributed by atoms with Crippen LogP contribution in [0.2, 0.25) is 0 Å². The van der Waals surface area contributed by atoms with Crippen LogP contribution < -0.4 is 5.32 Å². The van der Waals surface area contributed by atoms with E-state index >= 15 is 0 Å². The van der Waals surface area contributed by atoms with E-state index in [1.54, 1.807) is 0 Å². The molecule has 0 aliphatic rings. The van der Waals surface area contributed by atoms with Crippen LogP contribution in [0.15, 0.2) is 54.6 Å². The van der Waals surface area contributed by atoms with Gasteiger partial charge in [0.25, 0.3) is 5.91 Å². The predicted octanol–water partition coefficient (Wildman–Crippen LogP) is 5.48.